The number of ether oxygens (including phenoxy) is 2. The summed E-state index contributed by atoms with van der Waals surface area (Å²) in [5.74, 6) is 0.108. The van der Waals surface area contributed by atoms with Crippen LogP contribution < -0.4 is 0 Å². The normalized spacial score (nSPS) is 39.6. The highest BCUT2D eigenvalue weighted by molar-refractivity contribution is 5.07. The van der Waals surface area contributed by atoms with Crippen LogP contribution in [0.2, 0.25) is 0 Å². The minimum atomic E-state index is -0.682. The molecule has 2 heterocycles. The molecule has 1 N–H and O–H groups in total. The van der Waals surface area contributed by atoms with Crippen molar-refractivity contribution < 1.29 is 14.6 Å². The molecular weight excluding hydrogens is 182 g/mol. The summed E-state index contributed by atoms with van der Waals surface area (Å²) in [5, 5.41) is 19.2. The van der Waals surface area contributed by atoms with Gasteiger partial charge in [-0.15, -0.1) is 0 Å². The first-order valence-corrected chi connectivity index (χ1v) is 5.03. The van der Waals surface area contributed by atoms with Crippen LogP contribution in [0.4, 0.5) is 0 Å². The smallest absolute Gasteiger partial charge is 0.109 e. The summed E-state index contributed by atoms with van der Waals surface area (Å²) in [6.45, 7) is 2.22. The topological polar surface area (TPSA) is 62.5 Å². The van der Waals surface area contributed by atoms with Gasteiger partial charge in [0.1, 0.15) is 5.41 Å². The number of aliphatic hydroxyl groups is 1. The van der Waals surface area contributed by atoms with Crippen LogP contribution in [0.1, 0.15) is 12.8 Å². The average molecular weight is 197 g/mol. The lowest BCUT2D eigenvalue weighted by molar-refractivity contribution is 0.00327. The van der Waals surface area contributed by atoms with Crippen molar-refractivity contribution in [1.82, 2.24) is 0 Å². The zero-order valence-electron chi connectivity index (χ0n) is 8.11. The van der Waals surface area contributed by atoms with Gasteiger partial charge in [0.2, 0.25) is 0 Å². The van der Waals surface area contributed by atoms with Crippen molar-refractivity contribution in [2.45, 2.75) is 18.9 Å². The Morgan fingerprint density at radius 1 is 1.43 bits per heavy atom. The zero-order chi connectivity index (χ0) is 10.0. The second-order valence-electron chi connectivity index (χ2n) is 4.14. The van der Waals surface area contributed by atoms with E-state index in [1.54, 1.807) is 0 Å². The molecule has 4 nitrogen and oxygen atoms in total. The third-order valence-electron chi connectivity index (χ3n) is 3.25. The maximum Gasteiger partial charge on any atom is 0.109 e. The molecule has 2 aliphatic heterocycles. The molecule has 0 spiro atoms. The number of nitrogens with zero attached hydrogens (tertiary/aromatic N) is 1. The molecule has 0 aromatic heterocycles. The van der Waals surface area contributed by atoms with Crippen molar-refractivity contribution in [1.29, 1.82) is 5.26 Å². The van der Waals surface area contributed by atoms with Crippen molar-refractivity contribution >= 4 is 0 Å². The van der Waals surface area contributed by atoms with E-state index in [1.165, 1.54) is 0 Å². The molecule has 4 heteroatoms. The van der Waals surface area contributed by atoms with Crippen molar-refractivity contribution in [2.75, 3.05) is 26.4 Å². The molecule has 14 heavy (non-hydrogen) atoms. The Morgan fingerprint density at radius 2 is 2.29 bits per heavy atom. The maximum absolute atomic E-state index is 10.1. The van der Waals surface area contributed by atoms with Crippen molar-refractivity contribution in [3.05, 3.63) is 0 Å². The minimum Gasteiger partial charge on any atom is -0.391 e. The lowest BCUT2D eigenvalue weighted by Gasteiger charge is -2.29. The van der Waals surface area contributed by atoms with Gasteiger partial charge in [0.25, 0.3) is 0 Å². The van der Waals surface area contributed by atoms with E-state index in [4.69, 9.17) is 14.7 Å². The van der Waals surface area contributed by atoms with Gasteiger partial charge in [-0.25, -0.2) is 0 Å². The Hall–Kier alpha value is -0.630. The van der Waals surface area contributed by atoms with E-state index in [0.29, 0.717) is 32.8 Å². The summed E-state index contributed by atoms with van der Waals surface area (Å²) in [6.07, 6.45) is 0.892. The molecule has 0 aromatic carbocycles. The molecule has 3 unspecified atom stereocenters. The Balaban J connectivity index is 2.07. The molecule has 78 valence electrons. The van der Waals surface area contributed by atoms with Crippen LogP contribution in [0.25, 0.3) is 0 Å². The lowest BCUT2D eigenvalue weighted by atomic mass is 9.76. The minimum absolute atomic E-state index is 0.108. The first-order valence-electron chi connectivity index (χ1n) is 5.03. The molecule has 2 fully saturated rings. The van der Waals surface area contributed by atoms with Gasteiger partial charge in [-0.3, -0.25) is 0 Å². The van der Waals surface area contributed by atoms with E-state index in [-0.39, 0.29) is 5.92 Å². The summed E-state index contributed by atoms with van der Waals surface area (Å²) in [7, 11) is 0. The lowest BCUT2D eigenvalue weighted by Crippen LogP contribution is -2.40. The first-order chi connectivity index (χ1) is 6.78. The van der Waals surface area contributed by atoms with E-state index in [2.05, 4.69) is 6.07 Å². The van der Waals surface area contributed by atoms with Gasteiger partial charge in [0, 0.05) is 19.1 Å². The third-order valence-corrected chi connectivity index (χ3v) is 3.25. The van der Waals surface area contributed by atoms with E-state index < -0.39 is 11.5 Å². The molecule has 0 aromatic rings. The molecule has 3 atom stereocenters. The van der Waals surface area contributed by atoms with Crippen LogP contribution in [0.15, 0.2) is 0 Å². The first kappa shape index (κ1) is 9.91. The highest BCUT2D eigenvalue weighted by Crippen LogP contribution is 2.37. The van der Waals surface area contributed by atoms with Gasteiger partial charge < -0.3 is 14.6 Å². The van der Waals surface area contributed by atoms with E-state index in [9.17, 15) is 5.11 Å². The van der Waals surface area contributed by atoms with Crippen LogP contribution >= 0.6 is 0 Å². The Kier molecular flexibility index (Phi) is 2.73. The molecule has 0 saturated carbocycles. The van der Waals surface area contributed by atoms with E-state index in [0.717, 1.165) is 6.42 Å². The van der Waals surface area contributed by atoms with Crippen molar-refractivity contribution in [3.8, 4) is 6.07 Å². The highest BCUT2D eigenvalue weighted by Gasteiger charge is 2.46. The van der Waals surface area contributed by atoms with Crippen molar-refractivity contribution in [2.24, 2.45) is 11.3 Å². The van der Waals surface area contributed by atoms with E-state index >= 15 is 0 Å². The predicted octanol–water partition coefficient (Wildman–Crippen LogP) is 0.314. The number of nitriles is 1. The predicted molar refractivity (Wildman–Crippen MR) is 48.4 cm³/mol. The summed E-state index contributed by atoms with van der Waals surface area (Å²) in [6, 6.07) is 2.22. The molecular formula is C10H15NO3. The monoisotopic (exact) mass is 197 g/mol. The summed E-state index contributed by atoms with van der Waals surface area (Å²) >= 11 is 0. The maximum atomic E-state index is 10.1. The Labute approximate surface area is 83.4 Å². The fourth-order valence-electron chi connectivity index (χ4n) is 2.22. The van der Waals surface area contributed by atoms with Gasteiger partial charge >= 0.3 is 0 Å². The Bertz CT molecular complexity index is 236. The summed E-state index contributed by atoms with van der Waals surface area (Å²) < 4.78 is 10.4. The number of hydrogen-bond acceptors (Lipinski definition) is 4. The molecule has 2 rings (SSSR count). The van der Waals surface area contributed by atoms with Gasteiger partial charge in [0.05, 0.1) is 25.4 Å². The van der Waals surface area contributed by atoms with Gasteiger partial charge in [-0.2, -0.15) is 5.26 Å². The average Bonchev–Trinajstić information content (AvgIpc) is 2.89. The second kappa shape index (κ2) is 3.85. The molecule has 0 amide bonds. The molecule has 0 aliphatic carbocycles. The van der Waals surface area contributed by atoms with Gasteiger partial charge in [-0.1, -0.05) is 0 Å². The van der Waals surface area contributed by atoms with Gasteiger partial charge in [-0.05, 0) is 12.8 Å². The highest BCUT2D eigenvalue weighted by atomic mass is 16.5. The fourth-order valence-corrected chi connectivity index (χ4v) is 2.22. The summed E-state index contributed by atoms with van der Waals surface area (Å²) in [4.78, 5) is 0. The van der Waals surface area contributed by atoms with Crippen LogP contribution in [0.3, 0.4) is 0 Å². The van der Waals surface area contributed by atoms with Crippen LogP contribution in [0, 0.1) is 22.7 Å². The molecule has 0 radical (unpaired) electrons. The number of hydrogen-bond donors (Lipinski definition) is 1. The molecule has 0 bridgehead atoms. The standard InChI is InChI=1S/C10H15NO3/c11-6-10(2-4-14-7-10)9(12)8-1-3-13-5-8/h8-9,12H,1-5,7H2. The second-order valence-corrected chi connectivity index (χ2v) is 4.14. The van der Waals surface area contributed by atoms with Crippen LogP contribution in [0.5, 0.6) is 0 Å². The largest absolute Gasteiger partial charge is 0.391 e. The van der Waals surface area contributed by atoms with Crippen LogP contribution in [-0.4, -0.2) is 37.6 Å². The van der Waals surface area contributed by atoms with Crippen LogP contribution in [-0.2, 0) is 9.47 Å². The van der Waals surface area contributed by atoms with Gasteiger partial charge in [0.15, 0.2) is 0 Å². The molecule has 2 aliphatic rings. The molecule has 2 saturated heterocycles. The third kappa shape index (κ3) is 1.52. The number of rotatable bonds is 2. The van der Waals surface area contributed by atoms with E-state index in [1.807, 2.05) is 0 Å². The summed E-state index contributed by atoms with van der Waals surface area (Å²) in [5.41, 5.74) is -0.682. The Morgan fingerprint density at radius 3 is 2.79 bits per heavy atom. The van der Waals surface area contributed by atoms with Crippen molar-refractivity contribution in [3.63, 3.8) is 0 Å². The number of aliphatic hydroxyl groups excluding tert-OH is 1. The fraction of sp³-hybridized carbons (Fsp3) is 0.900. The SMILES string of the molecule is N#CC1(C(O)C2CCOC2)CCOC1. The zero-order valence-corrected chi connectivity index (χ0v) is 8.11. The quantitative estimate of drug-likeness (QED) is 0.692.